The second kappa shape index (κ2) is 6.08. The molecule has 0 bridgehead atoms. The molecule has 0 spiro atoms. The summed E-state index contributed by atoms with van der Waals surface area (Å²) in [5, 5.41) is 9.63. The van der Waals surface area contributed by atoms with E-state index in [1.54, 1.807) is 0 Å². The smallest absolute Gasteiger partial charge is 0.273 e. The van der Waals surface area contributed by atoms with Gasteiger partial charge in [-0.3, -0.25) is 9.89 Å². The van der Waals surface area contributed by atoms with E-state index in [2.05, 4.69) is 22.4 Å². The molecule has 0 saturated heterocycles. The molecule has 19 heavy (non-hydrogen) atoms. The predicted molar refractivity (Wildman–Crippen MR) is 75.8 cm³/mol. The molecular weight excluding hydrogens is 240 g/mol. The Bertz CT molecular complexity index is 433. The summed E-state index contributed by atoms with van der Waals surface area (Å²) in [7, 11) is 0. The number of aromatic nitrogens is 2. The molecule has 1 fully saturated rings. The maximum atomic E-state index is 12.0. The highest BCUT2D eigenvalue weighted by atomic mass is 16.1. The van der Waals surface area contributed by atoms with Gasteiger partial charge in [-0.05, 0) is 31.6 Å². The van der Waals surface area contributed by atoms with Crippen LogP contribution in [0.5, 0.6) is 0 Å². The van der Waals surface area contributed by atoms with Crippen LogP contribution in [0.3, 0.4) is 0 Å². The Hall–Kier alpha value is -1.52. The van der Waals surface area contributed by atoms with E-state index in [0.717, 1.165) is 18.2 Å². The van der Waals surface area contributed by atoms with E-state index < -0.39 is 0 Å². The number of nitrogens with one attached hydrogen (secondary N) is 2. The zero-order valence-corrected chi connectivity index (χ0v) is 11.8. The lowest BCUT2D eigenvalue weighted by molar-refractivity contribution is 0.0937. The van der Waals surface area contributed by atoms with Crippen LogP contribution < -0.4 is 11.1 Å². The average molecular weight is 264 g/mol. The lowest BCUT2D eigenvalue weighted by atomic mass is 9.81. The van der Waals surface area contributed by atoms with Gasteiger partial charge >= 0.3 is 0 Å². The van der Waals surface area contributed by atoms with E-state index in [-0.39, 0.29) is 5.91 Å². The van der Waals surface area contributed by atoms with Gasteiger partial charge in [-0.25, -0.2) is 0 Å². The normalized spacial score (nSPS) is 23.3. The van der Waals surface area contributed by atoms with Crippen LogP contribution in [0, 0.1) is 18.8 Å². The van der Waals surface area contributed by atoms with Crippen molar-refractivity contribution < 1.29 is 4.79 Å². The molecule has 1 aliphatic carbocycles. The lowest BCUT2D eigenvalue weighted by Crippen LogP contribution is -2.31. The van der Waals surface area contributed by atoms with Gasteiger partial charge in [0, 0.05) is 6.54 Å². The van der Waals surface area contributed by atoms with Gasteiger partial charge in [0.2, 0.25) is 0 Å². The predicted octanol–water partition coefficient (Wildman–Crippen LogP) is 2.25. The Balaban J connectivity index is 1.80. The van der Waals surface area contributed by atoms with Crippen LogP contribution in [-0.2, 0) is 0 Å². The van der Waals surface area contributed by atoms with E-state index in [9.17, 15) is 4.79 Å². The molecule has 1 aromatic rings. The summed E-state index contributed by atoms with van der Waals surface area (Å²) >= 11 is 0. The maximum absolute atomic E-state index is 12.0. The fourth-order valence-electron chi connectivity index (χ4n) is 2.78. The van der Waals surface area contributed by atoms with Crippen LogP contribution in [0.1, 0.15) is 55.2 Å². The van der Waals surface area contributed by atoms with E-state index in [4.69, 9.17) is 5.73 Å². The number of nitrogens with zero attached hydrogens (tertiary/aromatic N) is 1. The Morgan fingerprint density at radius 1 is 1.37 bits per heavy atom. The van der Waals surface area contributed by atoms with Crippen molar-refractivity contribution in [1.29, 1.82) is 0 Å². The summed E-state index contributed by atoms with van der Waals surface area (Å²) in [6, 6.07) is 0. The summed E-state index contributed by atoms with van der Waals surface area (Å²) in [5.41, 5.74) is 7.31. The largest absolute Gasteiger partial charge is 0.395 e. The average Bonchev–Trinajstić information content (AvgIpc) is 2.77. The molecule has 1 heterocycles. The van der Waals surface area contributed by atoms with Crippen LogP contribution in [-0.4, -0.2) is 22.6 Å². The van der Waals surface area contributed by atoms with Crippen LogP contribution >= 0.6 is 0 Å². The minimum atomic E-state index is -0.167. The fourth-order valence-corrected chi connectivity index (χ4v) is 2.78. The van der Waals surface area contributed by atoms with E-state index >= 15 is 0 Å². The Morgan fingerprint density at radius 2 is 2.00 bits per heavy atom. The Labute approximate surface area is 114 Å². The third kappa shape index (κ3) is 3.28. The number of carbonyl (C=O) groups is 1. The SMILES string of the molecule is CCC1CCC(CNC(=O)c2n[nH]c(C)c2N)CC1. The topological polar surface area (TPSA) is 83.8 Å². The van der Waals surface area contributed by atoms with Crippen molar-refractivity contribution in [2.75, 3.05) is 12.3 Å². The number of aromatic amines is 1. The molecule has 2 rings (SSSR count). The number of aryl methyl sites for hydroxylation is 1. The van der Waals surface area contributed by atoms with Crippen molar-refractivity contribution in [2.24, 2.45) is 11.8 Å². The minimum absolute atomic E-state index is 0.167. The van der Waals surface area contributed by atoms with Crippen LogP contribution in [0.2, 0.25) is 0 Å². The van der Waals surface area contributed by atoms with Crippen molar-refractivity contribution in [3.8, 4) is 0 Å². The van der Waals surface area contributed by atoms with Gasteiger partial charge < -0.3 is 11.1 Å². The minimum Gasteiger partial charge on any atom is -0.395 e. The molecule has 4 N–H and O–H groups in total. The van der Waals surface area contributed by atoms with Crippen molar-refractivity contribution in [1.82, 2.24) is 15.5 Å². The fraction of sp³-hybridized carbons (Fsp3) is 0.714. The summed E-state index contributed by atoms with van der Waals surface area (Å²) in [5.74, 6) is 1.32. The van der Waals surface area contributed by atoms with Crippen molar-refractivity contribution >= 4 is 11.6 Å². The molecule has 1 amide bonds. The van der Waals surface area contributed by atoms with E-state index in [1.165, 1.54) is 32.1 Å². The molecular formula is C14H24N4O. The van der Waals surface area contributed by atoms with Gasteiger partial charge in [0.1, 0.15) is 0 Å². The van der Waals surface area contributed by atoms with E-state index in [0.29, 0.717) is 17.3 Å². The summed E-state index contributed by atoms with van der Waals surface area (Å²) in [6.45, 7) is 4.81. The van der Waals surface area contributed by atoms with Crippen LogP contribution in [0.15, 0.2) is 0 Å². The number of nitrogens with two attached hydrogens (primary N) is 1. The number of hydrogen-bond acceptors (Lipinski definition) is 3. The highest BCUT2D eigenvalue weighted by Crippen LogP contribution is 2.30. The monoisotopic (exact) mass is 264 g/mol. The first-order chi connectivity index (χ1) is 9.11. The molecule has 1 aliphatic rings. The molecule has 1 aromatic heterocycles. The highest BCUT2D eigenvalue weighted by molar-refractivity contribution is 5.97. The van der Waals surface area contributed by atoms with Gasteiger partial charge in [-0.2, -0.15) is 5.10 Å². The second-order valence-electron chi connectivity index (χ2n) is 5.62. The number of rotatable bonds is 4. The van der Waals surface area contributed by atoms with E-state index in [1.807, 2.05) is 6.92 Å². The zero-order valence-electron chi connectivity index (χ0n) is 11.8. The first-order valence-corrected chi connectivity index (χ1v) is 7.20. The van der Waals surface area contributed by atoms with Crippen molar-refractivity contribution in [3.05, 3.63) is 11.4 Å². The van der Waals surface area contributed by atoms with Gasteiger partial charge in [-0.1, -0.05) is 26.2 Å². The summed E-state index contributed by atoms with van der Waals surface area (Å²) < 4.78 is 0. The molecule has 0 radical (unpaired) electrons. The quantitative estimate of drug-likeness (QED) is 0.779. The van der Waals surface area contributed by atoms with Crippen LogP contribution in [0.25, 0.3) is 0 Å². The Morgan fingerprint density at radius 3 is 2.53 bits per heavy atom. The standard InChI is InChI=1S/C14H24N4O/c1-3-10-4-6-11(7-5-10)8-16-14(19)13-12(15)9(2)17-18-13/h10-11H,3-8,15H2,1-2H3,(H,16,19)(H,17,18). The molecule has 0 aliphatic heterocycles. The van der Waals surface area contributed by atoms with Crippen molar-refractivity contribution in [3.63, 3.8) is 0 Å². The highest BCUT2D eigenvalue weighted by Gasteiger charge is 2.21. The van der Waals surface area contributed by atoms with Gasteiger partial charge in [0.25, 0.3) is 5.91 Å². The van der Waals surface area contributed by atoms with Crippen LogP contribution in [0.4, 0.5) is 5.69 Å². The lowest BCUT2D eigenvalue weighted by Gasteiger charge is -2.27. The molecule has 5 nitrogen and oxygen atoms in total. The zero-order chi connectivity index (χ0) is 13.8. The molecule has 1 saturated carbocycles. The Kier molecular flexibility index (Phi) is 4.45. The summed E-state index contributed by atoms with van der Waals surface area (Å²) in [4.78, 5) is 12.0. The van der Waals surface area contributed by atoms with Gasteiger partial charge in [-0.15, -0.1) is 0 Å². The number of H-pyrrole nitrogens is 1. The number of nitrogen functional groups attached to an aromatic ring is 1. The maximum Gasteiger partial charge on any atom is 0.273 e. The van der Waals surface area contributed by atoms with Gasteiger partial charge in [0.15, 0.2) is 5.69 Å². The third-order valence-electron chi connectivity index (χ3n) is 4.30. The molecule has 0 atom stereocenters. The van der Waals surface area contributed by atoms with Gasteiger partial charge in [0.05, 0.1) is 11.4 Å². The molecule has 0 unspecified atom stereocenters. The second-order valence-corrected chi connectivity index (χ2v) is 5.62. The van der Waals surface area contributed by atoms with Crippen molar-refractivity contribution in [2.45, 2.75) is 46.0 Å². The number of amides is 1. The summed E-state index contributed by atoms with van der Waals surface area (Å²) in [6.07, 6.45) is 6.30. The first-order valence-electron chi connectivity index (χ1n) is 7.20. The number of anilines is 1. The first kappa shape index (κ1) is 13.9. The molecule has 106 valence electrons. The molecule has 0 aromatic carbocycles. The third-order valence-corrected chi connectivity index (χ3v) is 4.30. The number of hydrogen-bond donors (Lipinski definition) is 3. The molecule has 5 heteroatoms. The number of carbonyl (C=O) groups excluding carboxylic acids is 1.